The van der Waals surface area contributed by atoms with E-state index < -0.39 is 0 Å². The molecule has 18 heavy (non-hydrogen) atoms. The number of anilines is 1. The lowest BCUT2D eigenvalue weighted by atomic mass is 9.95. The van der Waals surface area contributed by atoms with Crippen LogP contribution in [-0.4, -0.2) is 26.3 Å². The van der Waals surface area contributed by atoms with E-state index in [2.05, 4.69) is 29.2 Å². The van der Waals surface area contributed by atoms with Crippen LogP contribution in [0.3, 0.4) is 0 Å². The van der Waals surface area contributed by atoms with Gasteiger partial charge in [-0.15, -0.1) is 0 Å². The first-order chi connectivity index (χ1) is 8.74. The highest BCUT2D eigenvalue weighted by molar-refractivity contribution is 5.46. The Kier molecular flexibility index (Phi) is 3.27. The van der Waals surface area contributed by atoms with Crippen molar-refractivity contribution < 1.29 is 9.47 Å². The van der Waals surface area contributed by atoms with E-state index in [1.165, 1.54) is 18.5 Å². The van der Waals surface area contributed by atoms with Gasteiger partial charge in [-0.25, -0.2) is 0 Å². The van der Waals surface area contributed by atoms with E-state index >= 15 is 0 Å². The molecule has 1 aromatic rings. The first-order valence-corrected chi connectivity index (χ1v) is 6.82. The van der Waals surface area contributed by atoms with Crippen molar-refractivity contribution in [3.05, 3.63) is 29.8 Å². The molecule has 0 unspecified atom stereocenters. The van der Waals surface area contributed by atoms with Crippen molar-refractivity contribution in [2.24, 2.45) is 0 Å². The molecular weight excluding hydrogens is 226 g/mol. The minimum absolute atomic E-state index is 0.158. The van der Waals surface area contributed by atoms with E-state index in [4.69, 9.17) is 9.47 Å². The van der Waals surface area contributed by atoms with E-state index in [-0.39, 0.29) is 6.29 Å². The molecule has 3 rings (SSSR count). The molecular formula is C15H21NO2. The lowest BCUT2D eigenvalue weighted by molar-refractivity contribution is -0.0680. The van der Waals surface area contributed by atoms with Gasteiger partial charge in [0.2, 0.25) is 0 Å². The van der Waals surface area contributed by atoms with Crippen molar-refractivity contribution in [3.8, 4) is 0 Å². The SMILES string of the molecule is CN(C)c1ccc(C2O[C@H]3CCCC[C@@H]3O2)cc1. The molecule has 3 nitrogen and oxygen atoms in total. The summed E-state index contributed by atoms with van der Waals surface area (Å²) in [6.45, 7) is 0. The molecule has 2 aliphatic rings. The lowest BCUT2D eigenvalue weighted by Gasteiger charge is -2.21. The summed E-state index contributed by atoms with van der Waals surface area (Å²) in [4.78, 5) is 2.10. The Balaban J connectivity index is 1.71. The fraction of sp³-hybridized carbons (Fsp3) is 0.600. The zero-order chi connectivity index (χ0) is 12.5. The van der Waals surface area contributed by atoms with Gasteiger partial charge in [0.15, 0.2) is 6.29 Å². The third-order valence-corrected chi connectivity index (χ3v) is 3.92. The minimum atomic E-state index is -0.158. The quantitative estimate of drug-likeness (QED) is 0.801. The number of nitrogens with zero attached hydrogens (tertiary/aromatic N) is 1. The average Bonchev–Trinajstić information content (AvgIpc) is 2.82. The second-order valence-corrected chi connectivity index (χ2v) is 5.45. The Bertz CT molecular complexity index is 387. The summed E-state index contributed by atoms with van der Waals surface area (Å²) in [5, 5.41) is 0. The summed E-state index contributed by atoms with van der Waals surface area (Å²) in [7, 11) is 4.10. The fourth-order valence-electron chi connectivity index (χ4n) is 2.81. The van der Waals surface area contributed by atoms with Gasteiger partial charge in [0.05, 0.1) is 12.2 Å². The van der Waals surface area contributed by atoms with Gasteiger partial charge < -0.3 is 14.4 Å². The van der Waals surface area contributed by atoms with Crippen molar-refractivity contribution in [2.45, 2.75) is 44.2 Å². The van der Waals surface area contributed by atoms with E-state index in [1.54, 1.807) is 0 Å². The molecule has 1 aromatic carbocycles. The highest BCUT2D eigenvalue weighted by Gasteiger charge is 2.38. The Morgan fingerprint density at radius 1 is 0.944 bits per heavy atom. The molecule has 0 bridgehead atoms. The second kappa shape index (κ2) is 4.90. The number of ether oxygens (including phenoxy) is 2. The fourth-order valence-corrected chi connectivity index (χ4v) is 2.81. The molecule has 0 spiro atoms. The Morgan fingerprint density at radius 2 is 1.50 bits per heavy atom. The smallest absolute Gasteiger partial charge is 0.184 e. The van der Waals surface area contributed by atoms with Gasteiger partial charge in [-0.2, -0.15) is 0 Å². The average molecular weight is 247 g/mol. The number of fused-ring (bicyclic) bond motifs is 1. The summed E-state index contributed by atoms with van der Waals surface area (Å²) in [6.07, 6.45) is 5.32. The van der Waals surface area contributed by atoms with Gasteiger partial charge in [0, 0.05) is 25.3 Å². The van der Waals surface area contributed by atoms with Crippen LogP contribution in [0.25, 0.3) is 0 Å². The molecule has 0 amide bonds. The van der Waals surface area contributed by atoms with Crippen LogP contribution in [0, 0.1) is 0 Å². The molecule has 0 N–H and O–H groups in total. The molecule has 0 radical (unpaired) electrons. The molecule has 2 fully saturated rings. The van der Waals surface area contributed by atoms with Crippen LogP contribution in [0.15, 0.2) is 24.3 Å². The van der Waals surface area contributed by atoms with Crippen molar-refractivity contribution in [3.63, 3.8) is 0 Å². The summed E-state index contributed by atoms with van der Waals surface area (Å²) >= 11 is 0. The summed E-state index contributed by atoms with van der Waals surface area (Å²) < 4.78 is 12.0. The van der Waals surface area contributed by atoms with Gasteiger partial charge in [0.25, 0.3) is 0 Å². The van der Waals surface area contributed by atoms with E-state index in [0.717, 1.165) is 18.4 Å². The first kappa shape index (κ1) is 12.0. The summed E-state index contributed by atoms with van der Waals surface area (Å²) in [5.41, 5.74) is 2.34. The molecule has 1 saturated carbocycles. The van der Waals surface area contributed by atoms with Crippen LogP contribution in [0.4, 0.5) is 5.69 Å². The number of rotatable bonds is 2. The molecule has 98 valence electrons. The van der Waals surface area contributed by atoms with E-state index in [0.29, 0.717) is 12.2 Å². The maximum Gasteiger partial charge on any atom is 0.184 e. The van der Waals surface area contributed by atoms with Gasteiger partial charge in [-0.05, 0) is 25.0 Å². The molecule has 0 aromatic heterocycles. The second-order valence-electron chi connectivity index (χ2n) is 5.45. The van der Waals surface area contributed by atoms with Crippen LogP contribution in [-0.2, 0) is 9.47 Å². The van der Waals surface area contributed by atoms with Crippen LogP contribution in [0.2, 0.25) is 0 Å². The maximum atomic E-state index is 6.02. The summed E-state index contributed by atoms with van der Waals surface area (Å²) in [6, 6.07) is 8.45. The highest BCUT2D eigenvalue weighted by atomic mass is 16.7. The predicted molar refractivity (Wildman–Crippen MR) is 71.7 cm³/mol. The third kappa shape index (κ3) is 2.25. The molecule has 1 saturated heterocycles. The molecule has 2 atom stereocenters. The van der Waals surface area contributed by atoms with E-state index in [9.17, 15) is 0 Å². The summed E-state index contributed by atoms with van der Waals surface area (Å²) in [5.74, 6) is 0. The number of benzene rings is 1. The standard InChI is InChI=1S/C15H21NO2/c1-16(2)12-9-7-11(8-10-12)15-17-13-5-3-4-6-14(13)18-15/h7-10,13-15H,3-6H2,1-2H3/t13-,14-/m0/s1. The van der Waals surface area contributed by atoms with Crippen molar-refractivity contribution in [1.29, 1.82) is 0 Å². The van der Waals surface area contributed by atoms with Crippen LogP contribution >= 0.6 is 0 Å². The topological polar surface area (TPSA) is 21.7 Å². The monoisotopic (exact) mass is 247 g/mol. The Labute approximate surface area is 109 Å². The normalized spacial score (nSPS) is 28.1. The zero-order valence-corrected chi connectivity index (χ0v) is 11.1. The van der Waals surface area contributed by atoms with Crippen molar-refractivity contribution in [2.75, 3.05) is 19.0 Å². The third-order valence-electron chi connectivity index (χ3n) is 3.92. The van der Waals surface area contributed by atoms with Gasteiger partial charge in [-0.1, -0.05) is 25.0 Å². The zero-order valence-electron chi connectivity index (χ0n) is 11.1. The molecule has 3 heteroatoms. The molecule has 1 heterocycles. The van der Waals surface area contributed by atoms with Crippen molar-refractivity contribution >= 4 is 5.69 Å². The highest BCUT2D eigenvalue weighted by Crippen LogP contribution is 2.38. The first-order valence-electron chi connectivity index (χ1n) is 6.82. The maximum absolute atomic E-state index is 6.02. The van der Waals surface area contributed by atoms with Gasteiger partial charge in [0.1, 0.15) is 0 Å². The van der Waals surface area contributed by atoms with Crippen LogP contribution in [0.1, 0.15) is 37.5 Å². The van der Waals surface area contributed by atoms with E-state index in [1.807, 2.05) is 14.1 Å². The predicted octanol–water partition coefficient (Wildman–Crippen LogP) is 3.11. The Morgan fingerprint density at radius 3 is 2.00 bits per heavy atom. The lowest BCUT2D eigenvalue weighted by Crippen LogP contribution is -2.25. The van der Waals surface area contributed by atoms with Crippen LogP contribution < -0.4 is 4.90 Å². The van der Waals surface area contributed by atoms with Crippen molar-refractivity contribution in [1.82, 2.24) is 0 Å². The Hall–Kier alpha value is -1.06. The minimum Gasteiger partial charge on any atom is -0.378 e. The number of hydrogen-bond acceptors (Lipinski definition) is 3. The van der Waals surface area contributed by atoms with Crippen LogP contribution in [0.5, 0.6) is 0 Å². The largest absolute Gasteiger partial charge is 0.378 e. The molecule has 1 aliphatic carbocycles. The van der Waals surface area contributed by atoms with Gasteiger partial charge in [-0.3, -0.25) is 0 Å². The van der Waals surface area contributed by atoms with Gasteiger partial charge >= 0.3 is 0 Å². The number of hydrogen-bond donors (Lipinski definition) is 0. The molecule has 1 aliphatic heterocycles.